The minimum absolute atomic E-state index is 0.0527. The van der Waals surface area contributed by atoms with Crippen molar-refractivity contribution in [3.63, 3.8) is 0 Å². The zero-order chi connectivity index (χ0) is 19.2. The quantitative estimate of drug-likeness (QED) is 0.507. The highest BCUT2D eigenvalue weighted by atomic mass is 32.2. The summed E-state index contributed by atoms with van der Waals surface area (Å²) in [7, 11) is -3.95. The van der Waals surface area contributed by atoms with E-state index in [1.165, 1.54) is 18.2 Å². The summed E-state index contributed by atoms with van der Waals surface area (Å²) in [5, 5.41) is 19.8. The predicted octanol–water partition coefficient (Wildman–Crippen LogP) is 1.93. The van der Waals surface area contributed by atoms with Gasteiger partial charge in [0.2, 0.25) is 10.0 Å². The molecule has 0 aromatic heterocycles. The van der Waals surface area contributed by atoms with Gasteiger partial charge in [-0.3, -0.25) is 10.1 Å². The maximum Gasteiger partial charge on any atom is 0.270 e. The van der Waals surface area contributed by atoms with E-state index in [4.69, 9.17) is 9.84 Å². The molecule has 0 aliphatic carbocycles. The topological polar surface area (TPSA) is 119 Å². The number of aryl methyl sites for hydroxylation is 1. The van der Waals surface area contributed by atoms with Crippen molar-refractivity contribution in [3.8, 4) is 0 Å². The van der Waals surface area contributed by atoms with Gasteiger partial charge >= 0.3 is 0 Å². The Morgan fingerprint density at radius 2 is 1.92 bits per heavy atom. The van der Waals surface area contributed by atoms with Crippen molar-refractivity contribution in [1.82, 2.24) is 4.72 Å². The number of hydrogen-bond donors (Lipinski definition) is 2. The molecule has 2 rings (SSSR count). The molecule has 2 aromatic carbocycles. The van der Waals surface area contributed by atoms with Gasteiger partial charge in [0.1, 0.15) is 0 Å². The van der Waals surface area contributed by atoms with Gasteiger partial charge in [-0.15, -0.1) is 0 Å². The fourth-order valence-corrected chi connectivity index (χ4v) is 3.35. The number of ether oxygens (including phenoxy) is 1. The zero-order valence-corrected chi connectivity index (χ0v) is 15.0. The van der Waals surface area contributed by atoms with Crippen LogP contribution in [0.3, 0.4) is 0 Å². The fourth-order valence-electron chi connectivity index (χ4n) is 2.28. The van der Waals surface area contributed by atoms with E-state index in [1.54, 1.807) is 0 Å². The monoisotopic (exact) mass is 380 g/mol. The first-order valence-corrected chi connectivity index (χ1v) is 9.35. The van der Waals surface area contributed by atoms with E-state index in [1.807, 2.05) is 31.2 Å². The first kappa shape index (κ1) is 20.0. The second-order valence-electron chi connectivity index (χ2n) is 5.60. The molecule has 0 bridgehead atoms. The Labute approximate surface area is 151 Å². The van der Waals surface area contributed by atoms with Gasteiger partial charge < -0.3 is 9.84 Å². The van der Waals surface area contributed by atoms with Crippen molar-refractivity contribution in [3.05, 3.63) is 69.8 Å². The third-order valence-electron chi connectivity index (χ3n) is 3.66. The molecule has 2 aromatic rings. The Kier molecular flexibility index (Phi) is 6.81. The first-order valence-electron chi connectivity index (χ1n) is 7.86. The molecule has 1 atom stereocenters. The molecular formula is C17H20N2O6S. The van der Waals surface area contributed by atoms with E-state index in [9.17, 15) is 18.5 Å². The van der Waals surface area contributed by atoms with Crippen LogP contribution < -0.4 is 4.72 Å². The lowest BCUT2D eigenvalue weighted by molar-refractivity contribution is -0.385. The molecule has 8 nitrogen and oxygen atoms in total. The van der Waals surface area contributed by atoms with E-state index in [0.717, 1.165) is 17.2 Å². The van der Waals surface area contributed by atoms with Gasteiger partial charge in [-0.1, -0.05) is 35.9 Å². The van der Waals surface area contributed by atoms with Gasteiger partial charge in [0.15, 0.2) is 0 Å². The van der Waals surface area contributed by atoms with Crippen LogP contribution in [-0.2, 0) is 14.8 Å². The first-order chi connectivity index (χ1) is 12.3. The molecule has 0 aliphatic rings. The summed E-state index contributed by atoms with van der Waals surface area (Å²) >= 11 is 0. The molecule has 0 amide bonds. The lowest BCUT2D eigenvalue weighted by atomic mass is 10.1. The Hall–Kier alpha value is -2.33. The van der Waals surface area contributed by atoms with Crippen LogP contribution in [0, 0.1) is 17.0 Å². The summed E-state index contributed by atoms with van der Waals surface area (Å²) in [4.78, 5) is 9.97. The molecule has 140 valence electrons. The smallest absolute Gasteiger partial charge is 0.270 e. The third-order valence-corrected chi connectivity index (χ3v) is 5.08. The van der Waals surface area contributed by atoms with Gasteiger partial charge in [0.25, 0.3) is 5.69 Å². The number of aliphatic hydroxyl groups is 1. The molecule has 26 heavy (non-hydrogen) atoms. The fraction of sp³-hybridized carbons (Fsp3) is 0.294. The molecule has 0 spiro atoms. The Balaban J connectivity index is 2.17. The molecule has 0 aliphatic heterocycles. The van der Waals surface area contributed by atoms with E-state index in [0.29, 0.717) is 0 Å². The summed E-state index contributed by atoms with van der Waals surface area (Å²) in [5.41, 5.74) is 1.50. The van der Waals surface area contributed by atoms with Crippen LogP contribution in [0.2, 0.25) is 0 Å². The zero-order valence-electron chi connectivity index (χ0n) is 14.2. The van der Waals surface area contributed by atoms with Crippen molar-refractivity contribution in [1.29, 1.82) is 0 Å². The normalized spacial score (nSPS) is 12.7. The van der Waals surface area contributed by atoms with Crippen LogP contribution in [0.1, 0.15) is 17.2 Å². The lowest BCUT2D eigenvalue weighted by Crippen LogP contribution is -2.30. The Morgan fingerprint density at radius 1 is 1.23 bits per heavy atom. The highest BCUT2D eigenvalue weighted by molar-refractivity contribution is 7.89. The maximum absolute atomic E-state index is 12.4. The average molecular weight is 380 g/mol. The van der Waals surface area contributed by atoms with Gasteiger partial charge in [-0.05, 0) is 18.6 Å². The molecule has 0 radical (unpaired) electrons. The highest BCUT2D eigenvalue weighted by Gasteiger charge is 2.20. The maximum atomic E-state index is 12.4. The van der Waals surface area contributed by atoms with E-state index >= 15 is 0 Å². The standard InChI is InChI=1S/C17H20N2O6S/c1-13-5-7-14(8-6-13)17(25-10-9-20)12-18-26(23,24)16-4-2-3-15(11-16)19(21)22/h2-8,11,17-18,20H,9-10,12H2,1H3. The minimum Gasteiger partial charge on any atom is -0.394 e. The van der Waals surface area contributed by atoms with Crippen LogP contribution in [0.25, 0.3) is 0 Å². The number of aliphatic hydroxyl groups excluding tert-OH is 1. The van der Waals surface area contributed by atoms with Gasteiger partial charge in [-0.25, -0.2) is 13.1 Å². The summed E-state index contributed by atoms with van der Waals surface area (Å²) < 4.78 is 32.8. The number of non-ortho nitro benzene ring substituents is 1. The number of hydrogen-bond acceptors (Lipinski definition) is 6. The summed E-state index contributed by atoms with van der Waals surface area (Å²) in [6.45, 7) is 1.71. The van der Waals surface area contributed by atoms with Gasteiger partial charge in [-0.2, -0.15) is 0 Å². The van der Waals surface area contributed by atoms with E-state index in [-0.39, 0.29) is 30.3 Å². The van der Waals surface area contributed by atoms with Crippen LogP contribution in [0.4, 0.5) is 5.69 Å². The number of benzene rings is 2. The summed E-state index contributed by atoms with van der Waals surface area (Å²) in [6, 6.07) is 12.2. The number of nitrogens with zero attached hydrogens (tertiary/aromatic N) is 1. The van der Waals surface area contributed by atoms with Crippen molar-refractivity contribution in [2.24, 2.45) is 0 Å². The number of rotatable bonds is 9. The number of nitro benzene ring substituents is 1. The van der Waals surface area contributed by atoms with Crippen LogP contribution in [0.5, 0.6) is 0 Å². The van der Waals surface area contributed by atoms with Crippen molar-refractivity contribution in [2.45, 2.75) is 17.9 Å². The number of sulfonamides is 1. The van der Waals surface area contributed by atoms with Crippen molar-refractivity contribution >= 4 is 15.7 Å². The molecule has 0 saturated carbocycles. The second kappa shape index (κ2) is 8.86. The summed E-state index contributed by atoms with van der Waals surface area (Å²) in [5.74, 6) is 0. The van der Waals surface area contributed by atoms with Crippen molar-refractivity contribution in [2.75, 3.05) is 19.8 Å². The third kappa shape index (κ3) is 5.33. The van der Waals surface area contributed by atoms with Gasteiger partial charge in [0, 0.05) is 18.7 Å². The summed E-state index contributed by atoms with van der Waals surface area (Å²) in [6.07, 6.45) is -0.601. The van der Waals surface area contributed by atoms with Crippen LogP contribution in [0.15, 0.2) is 53.4 Å². The second-order valence-corrected chi connectivity index (χ2v) is 7.37. The average Bonchev–Trinajstić information content (AvgIpc) is 2.63. The molecule has 9 heteroatoms. The molecular weight excluding hydrogens is 360 g/mol. The molecule has 1 unspecified atom stereocenters. The predicted molar refractivity (Wildman–Crippen MR) is 95.2 cm³/mol. The molecule has 0 saturated heterocycles. The van der Waals surface area contributed by atoms with Crippen LogP contribution in [-0.4, -0.2) is 38.2 Å². The Morgan fingerprint density at radius 3 is 2.54 bits per heavy atom. The molecule has 0 heterocycles. The van der Waals surface area contributed by atoms with E-state index in [2.05, 4.69) is 4.72 Å². The number of nitro groups is 1. The SMILES string of the molecule is Cc1ccc(C(CNS(=O)(=O)c2cccc([N+](=O)[O-])c2)OCCO)cc1. The van der Waals surface area contributed by atoms with Crippen LogP contribution >= 0.6 is 0 Å². The van der Waals surface area contributed by atoms with E-state index < -0.39 is 21.1 Å². The number of nitrogens with one attached hydrogen (secondary N) is 1. The largest absolute Gasteiger partial charge is 0.394 e. The molecule has 2 N–H and O–H groups in total. The lowest BCUT2D eigenvalue weighted by Gasteiger charge is -2.19. The molecule has 0 fully saturated rings. The highest BCUT2D eigenvalue weighted by Crippen LogP contribution is 2.20. The van der Waals surface area contributed by atoms with Gasteiger partial charge in [0.05, 0.1) is 29.1 Å². The Bertz CT molecular complexity index is 852. The van der Waals surface area contributed by atoms with Crippen molar-refractivity contribution < 1.29 is 23.2 Å². The minimum atomic E-state index is -3.95.